The van der Waals surface area contributed by atoms with Gasteiger partial charge in [0.25, 0.3) is 0 Å². The number of fused-ring (bicyclic) bond motifs is 1. The van der Waals surface area contributed by atoms with Crippen LogP contribution in [0, 0.1) is 5.41 Å². The van der Waals surface area contributed by atoms with Gasteiger partial charge >= 0.3 is 0 Å². The third kappa shape index (κ3) is 3.34. The largest absolute Gasteiger partial charge is 0.396 e. The van der Waals surface area contributed by atoms with Crippen LogP contribution in [-0.2, 0) is 6.54 Å². The van der Waals surface area contributed by atoms with Crippen molar-refractivity contribution in [2.45, 2.75) is 31.8 Å². The minimum Gasteiger partial charge on any atom is -0.396 e. The van der Waals surface area contributed by atoms with Gasteiger partial charge in [-0.2, -0.15) is 0 Å². The zero-order chi connectivity index (χ0) is 16.4. The van der Waals surface area contributed by atoms with Crippen molar-refractivity contribution in [2.24, 2.45) is 5.41 Å². The van der Waals surface area contributed by atoms with E-state index in [-0.39, 0.29) is 5.41 Å². The molecule has 0 bridgehead atoms. The molecule has 0 aromatic carbocycles. The normalized spacial score (nSPS) is 29.3. The number of hydrogen-bond acceptors (Lipinski definition) is 6. The number of aliphatic hydroxyl groups excluding tert-OH is 1. The summed E-state index contributed by atoms with van der Waals surface area (Å²) in [6.07, 6.45) is 7.30. The van der Waals surface area contributed by atoms with Crippen LogP contribution in [0.1, 0.15) is 24.8 Å². The van der Waals surface area contributed by atoms with Gasteiger partial charge in [0.2, 0.25) is 5.95 Å². The van der Waals surface area contributed by atoms with Crippen molar-refractivity contribution in [1.29, 1.82) is 0 Å². The predicted octanol–water partition coefficient (Wildman–Crippen LogP) is 0.821. The molecular weight excluding hydrogens is 290 g/mol. The molecule has 2 fully saturated rings. The number of aromatic nitrogens is 2. The SMILES string of the molecule is CN(C)c1ncc(CN2CC[C@@]3(CO)CCCN(C)[C@@H]3C2)cn1. The summed E-state index contributed by atoms with van der Waals surface area (Å²) in [5.41, 5.74) is 1.26. The van der Waals surface area contributed by atoms with Crippen LogP contribution < -0.4 is 4.90 Å². The Morgan fingerprint density at radius 3 is 2.65 bits per heavy atom. The number of likely N-dealkylation sites (N-methyl/N-ethyl adjacent to an activating group) is 1. The van der Waals surface area contributed by atoms with E-state index in [9.17, 15) is 5.11 Å². The van der Waals surface area contributed by atoms with E-state index in [2.05, 4.69) is 26.8 Å². The topological polar surface area (TPSA) is 55.7 Å². The molecule has 2 atom stereocenters. The van der Waals surface area contributed by atoms with Crippen molar-refractivity contribution in [2.75, 3.05) is 52.3 Å². The minimum absolute atomic E-state index is 0.106. The molecule has 2 aliphatic rings. The van der Waals surface area contributed by atoms with Crippen molar-refractivity contribution in [3.63, 3.8) is 0 Å². The molecule has 1 aromatic heterocycles. The van der Waals surface area contributed by atoms with Crippen molar-refractivity contribution in [3.05, 3.63) is 18.0 Å². The Bertz CT molecular complexity index is 520. The summed E-state index contributed by atoms with van der Waals surface area (Å²) in [7, 11) is 6.10. The van der Waals surface area contributed by atoms with Crippen LogP contribution in [0.3, 0.4) is 0 Å². The van der Waals surface area contributed by atoms with Gasteiger partial charge in [0, 0.05) is 56.6 Å². The standard InChI is InChI=1S/C17H29N5O/c1-20(2)16-18-9-14(10-19-16)11-22-8-6-17(13-23)5-4-7-21(3)15(17)12-22/h9-10,15,23H,4-8,11-13H2,1-3H3/t15-,17-/m1/s1. The molecule has 23 heavy (non-hydrogen) atoms. The molecule has 1 N–H and O–H groups in total. The van der Waals surface area contributed by atoms with Gasteiger partial charge in [-0.05, 0) is 39.4 Å². The second kappa shape index (κ2) is 6.71. The number of piperidine rings is 2. The van der Waals surface area contributed by atoms with Crippen LogP contribution in [0.25, 0.3) is 0 Å². The van der Waals surface area contributed by atoms with Gasteiger partial charge in [0.1, 0.15) is 0 Å². The van der Waals surface area contributed by atoms with Gasteiger partial charge in [0.15, 0.2) is 0 Å². The van der Waals surface area contributed by atoms with Gasteiger partial charge in [-0.1, -0.05) is 0 Å². The third-order valence-electron chi connectivity index (χ3n) is 5.59. The van der Waals surface area contributed by atoms with Gasteiger partial charge in [0.05, 0.1) is 6.61 Å². The Morgan fingerprint density at radius 2 is 2.00 bits per heavy atom. The van der Waals surface area contributed by atoms with E-state index in [0.29, 0.717) is 12.6 Å². The van der Waals surface area contributed by atoms with Crippen molar-refractivity contribution >= 4 is 5.95 Å². The Balaban J connectivity index is 1.66. The summed E-state index contributed by atoms with van der Waals surface area (Å²) in [6, 6.07) is 0.456. The number of aliphatic hydroxyl groups is 1. The Kier molecular flexibility index (Phi) is 4.85. The average molecular weight is 319 g/mol. The smallest absolute Gasteiger partial charge is 0.224 e. The molecule has 6 nitrogen and oxygen atoms in total. The Labute approximate surface area is 139 Å². The zero-order valence-electron chi connectivity index (χ0n) is 14.6. The molecule has 0 amide bonds. The van der Waals surface area contributed by atoms with E-state index in [1.165, 1.54) is 6.42 Å². The maximum absolute atomic E-state index is 9.98. The summed E-state index contributed by atoms with van der Waals surface area (Å²) in [4.78, 5) is 15.7. The maximum Gasteiger partial charge on any atom is 0.224 e. The highest BCUT2D eigenvalue weighted by atomic mass is 16.3. The van der Waals surface area contributed by atoms with Crippen LogP contribution in [-0.4, -0.2) is 78.3 Å². The van der Waals surface area contributed by atoms with Crippen LogP contribution >= 0.6 is 0 Å². The number of rotatable bonds is 4. The lowest BCUT2D eigenvalue weighted by atomic mass is 9.69. The lowest BCUT2D eigenvalue weighted by Crippen LogP contribution is -2.61. The van der Waals surface area contributed by atoms with E-state index in [0.717, 1.165) is 50.5 Å². The van der Waals surface area contributed by atoms with Crippen LogP contribution in [0.5, 0.6) is 0 Å². The molecule has 0 saturated carbocycles. The fourth-order valence-electron chi connectivity index (χ4n) is 4.14. The summed E-state index contributed by atoms with van der Waals surface area (Å²) in [5.74, 6) is 0.749. The molecule has 3 rings (SSSR count). The minimum atomic E-state index is 0.106. The summed E-state index contributed by atoms with van der Waals surface area (Å²) >= 11 is 0. The first-order valence-corrected chi connectivity index (χ1v) is 8.56. The first-order valence-electron chi connectivity index (χ1n) is 8.56. The fraction of sp³-hybridized carbons (Fsp3) is 0.765. The predicted molar refractivity (Wildman–Crippen MR) is 91.4 cm³/mol. The number of likely N-dealkylation sites (tertiary alicyclic amines) is 2. The molecule has 128 valence electrons. The first-order chi connectivity index (χ1) is 11.0. The van der Waals surface area contributed by atoms with E-state index in [4.69, 9.17) is 0 Å². The van der Waals surface area contributed by atoms with Crippen LogP contribution in [0.15, 0.2) is 12.4 Å². The zero-order valence-corrected chi connectivity index (χ0v) is 14.6. The molecule has 0 radical (unpaired) electrons. The highest BCUT2D eigenvalue weighted by Gasteiger charge is 2.46. The molecule has 2 aliphatic heterocycles. The molecule has 1 aromatic rings. The Morgan fingerprint density at radius 1 is 1.26 bits per heavy atom. The molecular formula is C17H29N5O. The number of hydrogen-bond donors (Lipinski definition) is 1. The quantitative estimate of drug-likeness (QED) is 0.887. The van der Waals surface area contributed by atoms with E-state index >= 15 is 0 Å². The van der Waals surface area contributed by atoms with Crippen LogP contribution in [0.4, 0.5) is 5.95 Å². The third-order valence-corrected chi connectivity index (χ3v) is 5.59. The average Bonchev–Trinajstić information content (AvgIpc) is 2.56. The van der Waals surface area contributed by atoms with Gasteiger partial charge in [-0.15, -0.1) is 0 Å². The first kappa shape index (κ1) is 16.6. The molecule has 3 heterocycles. The van der Waals surface area contributed by atoms with Gasteiger partial charge < -0.3 is 14.9 Å². The van der Waals surface area contributed by atoms with Crippen molar-refractivity contribution < 1.29 is 5.11 Å². The lowest BCUT2D eigenvalue weighted by molar-refractivity contribution is -0.0684. The van der Waals surface area contributed by atoms with E-state index in [1.54, 1.807) is 0 Å². The second-order valence-electron chi connectivity index (χ2n) is 7.39. The van der Waals surface area contributed by atoms with E-state index in [1.807, 2.05) is 31.4 Å². The van der Waals surface area contributed by atoms with Crippen molar-refractivity contribution in [3.8, 4) is 0 Å². The fourth-order valence-corrected chi connectivity index (χ4v) is 4.14. The van der Waals surface area contributed by atoms with Gasteiger partial charge in [-0.3, -0.25) is 4.90 Å². The number of nitrogens with zero attached hydrogens (tertiary/aromatic N) is 5. The van der Waals surface area contributed by atoms with Crippen LogP contribution in [0.2, 0.25) is 0 Å². The second-order valence-corrected chi connectivity index (χ2v) is 7.39. The monoisotopic (exact) mass is 319 g/mol. The summed E-state index contributed by atoms with van der Waals surface area (Å²) < 4.78 is 0. The van der Waals surface area contributed by atoms with Crippen molar-refractivity contribution in [1.82, 2.24) is 19.8 Å². The summed E-state index contributed by atoms with van der Waals surface area (Å²) in [5, 5.41) is 9.98. The highest BCUT2D eigenvalue weighted by molar-refractivity contribution is 5.26. The lowest BCUT2D eigenvalue weighted by Gasteiger charge is -2.53. The summed E-state index contributed by atoms with van der Waals surface area (Å²) in [6.45, 7) is 4.41. The molecule has 6 heteroatoms. The molecule has 0 spiro atoms. The number of anilines is 1. The Hall–Kier alpha value is -1.24. The molecule has 2 saturated heterocycles. The maximum atomic E-state index is 9.98. The molecule has 0 aliphatic carbocycles. The van der Waals surface area contributed by atoms with Gasteiger partial charge in [-0.25, -0.2) is 9.97 Å². The molecule has 0 unspecified atom stereocenters. The van der Waals surface area contributed by atoms with E-state index < -0.39 is 0 Å². The highest BCUT2D eigenvalue weighted by Crippen LogP contribution is 2.41.